The molecule has 0 atom stereocenters. The summed E-state index contributed by atoms with van der Waals surface area (Å²) >= 11 is 0. The zero-order valence-corrected chi connectivity index (χ0v) is 13.5. The number of hydrogen-bond donors (Lipinski definition) is 3. The van der Waals surface area contributed by atoms with Crippen LogP contribution in [-0.4, -0.2) is 36.7 Å². The van der Waals surface area contributed by atoms with Gasteiger partial charge < -0.3 is 25.2 Å². The number of nitrogens with zero attached hydrogens (tertiary/aromatic N) is 1. The molecule has 0 aliphatic rings. The van der Waals surface area contributed by atoms with Gasteiger partial charge in [0.2, 0.25) is 0 Å². The summed E-state index contributed by atoms with van der Waals surface area (Å²) < 4.78 is 10.9. The molecule has 0 radical (unpaired) electrons. The van der Waals surface area contributed by atoms with Crippen LogP contribution in [0, 0.1) is 11.3 Å². The third-order valence-corrected chi connectivity index (χ3v) is 2.69. The molecule has 3 N–H and O–H groups in total. The number of benzene rings is 1. The number of carboxylic acids is 1. The molecule has 0 bridgehead atoms. The Labute approximate surface area is 139 Å². The molecule has 0 saturated heterocycles. The zero-order chi connectivity index (χ0) is 17.9. The van der Waals surface area contributed by atoms with E-state index in [2.05, 4.69) is 10.6 Å². The Morgan fingerprint density at radius 3 is 2.50 bits per heavy atom. The number of amides is 1. The van der Waals surface area contributed by atoms with Gasteiger partial charge in [0.05, 0.1) is 13.2 Å². The van der Waals surface area contributed by atoms with Crippen LogP contribution in [0.25, 0.3) is 0 Å². The van der Waals surface area contributed by atoms with Crippen molar-refractivity contribution in [3.8, 4) is 17.6 Å². The minimum absolute atomic E-state index is 0.247. The van der Waals surface area contributed by atoms with Crippen LogP contribution in [0.2, 0.25) is 0 Å². The summed E-state index contributed by atoms with van der Waals surface area (Å²) in [7, 11) is 0. The van der Waals surface area contributed by atoms with Crippen molar-refractivity contribution in [2.24, 2.45) is 0 Å². The molecule has 0 aromatic heterocycles. The lowest BCUT2D eigenvalue weighted by Crippen LogP contribution is -2.30. The summed E-state index contributed by atoms with van der Waals surface area (Å²) in [5, 5.41) is 22.4. The van der Waals surface area contributed by atoms with E-state index in [1.807, 2.05) is 13.8 Å². The van der Waals surface area contributed by atoms with Gasteiger partial charge in [-0.25, -0.2) is 0 Å². The van der Waals surface area contributed by atoms with Crippen LogP contribution >= 0.6 is 0 Å². The fraction of sp³-hybridized carbons (Fsp3) is 0.312. The van der Waals surface area contributed by atoms with Gasteiger partial charge in [0.15, 0.2) is 11.5 Å². The average Bonchev–Trinajstić information content (AvgIpc) is 2.56. The Morgan fingerprint density at radius 2 is 1.92 bits per heavy atom. The van der Waals surface area contributed by atoms with E-state index in [0.717, 1.165) is 0 Å². The third-order valence-electron chi connectivity index (χ3n) is 2.69. The Morgan fingerprint density at radius 1 is 1.25 bits per heavy atom. The number of ether oxygens (including phenoxy) is 2. The van der Waals surface area contributed by atoms with E-state index in [1.165, 1.54) is 6.20 Å². The number of hydrogen-bond acceptors (Lipinski definition) is 6. The van der Waals surface area contributed by atoms with Crippen molar-refractivity contribution >= 4 is 17.6 Å². The van der Waals surface area contributed by atoms with E-state index >= 15 is 0 Å². The van der Waals surface area contributed by atoms with E-state index < -0.39 is 18.4 Å². The molecule has 0 spiro atoms. The molecule has 1 rings (SSSR count). The number of anilines is 1. The lowest BCUT2D eigenvalue weighted by atomic mass is 10.2. The molecule has 1 aromatic rings. The minimum Gasteiger partial charge on any atom is -0.490 e. The summed E-state index contributed by atoms with van der Waals surface area (Å²) in [6.45, 7) is 4.10. The Balaban J connectivity index is 2.86. The van der Waals surface area contributed by atoms with E-state index in [4.69, 9.17) is 19.8 Å². The summed E-state index contributed by atoms with van der Waals surface area (Å²) in [6.07, 6.45) is 1.20. The molecule has 128 valence electrons. The van der Waals surface area contributed by atoms with Crippen LogP contribution in [0.1, 0.15) is 13.8 Å². The molecule has 0 aliphatic carbocycles. The van der Waals surface area contributed by atoms with Crippen molar-refractivity contribution in [2.45, 2.75) is 13.8 Å². The van der Waals surface area contributed by atoms with Crippen LogP contribution < -0.4 is 20.1 Å². The maximum absolute atomic E-state index is 11.7. The first-order valence-corrected chi connectivity index (χ1v) is 7.28. The predicted molar refractivity (Wildman–Crippen MR) is 86.7 cm³/mol. The topological polar surface area (TPSA) is 121 Å². The van der Waals surface area contributed by atoms with Crippen LogP contribution in [-0.2, 0) is 9.59 Å². The SMILES string of the molecule is CCOc1ccc(N/C=C(/C#N)C(=O)NCC(=O)O)cc1OCC. The van der Waals surface area contributed by atoms with Gasteiger partial charge >= 0.3 is 5.97 Å². The first-order chi connectivity index (χ1) is 11.5. The van der Waals surface area contributed by atoms with Gasteiger partial charge in [-0.1, -0.05) is 0 Å². The number of rotatable bonds is 9. The molecule has 0 aliphatic heterocycles. The van der Waals surface area contributed by atoms with E-state index in [1.54, 1.807) is 24.3 Å². The van der Waals surface area contributed by atoms with Crippen molar-refractivity contribution in [3.63, 3.8) is 0 Å². The summed E-state index contributed by atoms with van der Waals surface area (Å²) in [5.74, 6) is -0.843. The smallest absolute Gasteiger partial charge is 0.322 e. The average molecular weight is 333 g/mol. The van der Waals surface area contributed by atoms with Crippen molar-refractivity contribution in [3.05, 3.63) is 30.0 Å². The Bertz CT molecular complexity index is 664. The molecular formula is C16H19N3O5. The fourth-order valence-electron chi connectivity index (χ4n) is 1.70. The van der Waals surface area contributed by atoms with Gasteiger partial charge in [-0.15, -0.1) is 0 Å². The third kappa shape index (κ3) is 5.88. The minimum atomic E-state index is -1.19. The van der Waals surface area contributed by atoms with Gasteiger partial charge in [0.25, 0.3) is 5.91 Å². The molecule has 0 heterocycles. The van der Waals surface area contributed by atoms with Crippen molar-refractivity contribution in [2.75, 3.05) is 25.1 Å². The van der Waals surface area contributed by atoms with Gasteiger partial charge in [0, 0.05) is 18.0 Å². The fourth-order valence-corrected chi connectivity index (χ4v) is 1.70. The van der Waals surface area contributed by atoms with Crippen LogP contribution in [0.5, 0.6) is 11.5 Å². The van der Waals surface area contributed by atoms with Crippen LogP contribution in [0.3, 0.4) is 0 Å². The first-order valence-electron chi connectivity index (χ1n) is 7.28. The number of carbonyl (C=O) groups excluding carboxylic acids is 1. The highest BCUT2D eigenvalue weighted by Crippen LogP contribution is 2.30. The largest absolute Gasteiger partial charge is 0.490 e. The Hall–Kier alpha value is -3.21. The van der Waals surface area contributed by atoms with Crippen LogP contribution in [0.4, 0.5) is 5.69 Å². The molecule has 8 heteroatoms. The number of nitrogens with one attached hydrogen (secondary N) is 2. The van der Waals surface area contributed by atoms with Gasteiger partial charge in [-0.3, -0.25) is 9.59 Å². The van der Waals surface area contributed by atoms with Crippen molar-refractivity contribution < 1.29 is 24.2 Å². The number of carbonyl (C=O) groups is 2. The predicted octanol–water partition coefficient (Wildman–Crippen LogP) is 1.50. The maximum atomic E-state index is 11.7. The highest BCUT2D eigenvalue weighted by Gasteiger charge is 2.10. The lowest BCUT2D eigenvalue weighted by Gasteiger charge is -2.12. The monoisotopic (exact) mass is 333 g/mol. The van der Waals surface area contributed by atoms with Gasteiger partial charge in [-0.05, 0) is 26.0 Å². The summed E-state index contributed by atoms with van der Waals surface area (Å²) in [6, 6.07) is 6.79. The summed E-state index contributed by atoms with van der Waals surface area (Å²) in [5.41, 5.74) is 0.337. The highest BCUT2D eigenvalue weighted by molar-refractivity contribution is 5.98. The van der Waals surface area contributed by atoms with Crippen molar-refractivity contribution in [1.29, 1.82) is 5.26 Å². The zero-order valence-electron chi connectivity index (χ0n) is 13.5. The lowest BCUT2D eigenvalue weighted by molar-refractivity contribution is -0.137. The second-order valence-corrected chi connectivity index (χ2v) is 4.42. The normalized spacial score (nSPS) is 10.5. The molecule has 0 unspecified atom stereocenters. The standard InChI is InChI=1S/C16H19N3O5/c1-3-23-13-6-5-12(7-14(13)24-4-2)18-9-11(8-17)16(22)19-10-15(20)21/h5-7,9,18H,3-4,10H2,1-2H3,(H,19,22)(H,20,21)/b11-9-. The van der Waals surface area contributed by atoms with E-state index in [9.17, 15) is 9.59 Å². The molecule has 0 fully saturated rings. The van der Waals surface area contributed by atoms with Gasteiger partial charge in [0.1, 0.15) is 18.2 Å². The van der Waals surface area contributed by atoms with Crippen molar-refractivity contribution in [1.82, 2.24) is 5.32 Å². The molecular weight excluding hydrogens is 314 g/mol. The molecule has 1 aromatic carbocycles. The molecule has 1 amide bonds. The molecule has 24 heavy (non-hydrogen) atoms. The summed E-state index contributed by atoms with van der Waals surface area (Å²) in [4.78, 5) is 22.1. The number of aliphatic carboxylic acids is 1. The quantitative estimate of drug-likeness (QED) is 0.462. The first kappa shape index (κ1) is 18.8. The van der Waals surface area contributed by atoms with E-state index in [-0.39, 0.29) is 5.57 Å². The molecule has 8 nitrogen and oxygen atoms in total. The molecule has 0 saturated carbocycles. The maximum Gasteiger partial charge on any atom is 0.322 e. The Kier molecular flexibility index (Phi) is 7.64. The number of nitriles is 1. The second kappa shape index (κ2) is 9.74. The number of carboxylic acid groups (broad SMARTS) is 1. The second-order valence-electron chi connectivity index (χ2n) is 4.42. The van der Waals surface area contributed by atoms with E-state index in [0.29, 0.717) is 30.4 Å². The van der Waals surface area contributed by atoms with Gasteiger partial charge in [-0.2, -0.15) is 5.26 Å². The van der Waals surface area contributed by atoms with Crippen LogP contribution in [0.15, 0.2) is 30.0 Å². The highest BCUT2D eigenvalue weighted by atomic mass is 16.5.